The Hall–Kier alpha value is -9.65. The monoisotopic (exact) mass is 870 g/mol. The Morgan fingerprint density at radius 2 is 0.692 bits per heavy atom. The van der Waals surface area contributed by atoms with E-state index in [2.05, 4.69) is 15.0 Å². The van der Waals surface area contributed by atoms with Crippen molar-refractivity contribution in [1.82, 2.24) is 27.4 Å². The van der Waals surface area contributed by atoms with Crippen LogP contribution in [-0.4, -0.2) is 45.6 Å². The molecule has 0 amide bonds. The van der Waals surface area contributed by atoms with E-state index >= 15 is 0 Å². The molecule has 0 N–H and O–H groups in total. The molecule has 320 valence electrons. The largest absolute Gasteiger partial charge is 0.388 e. The first kappa shape index (κ1) is 43.4. The molecule has 0 atom stereocenters. The van der Waals surface area contributed by atoms with Gasteiger partial charge in [0.2, 0.25) is 18.2 Å². The van der Waals surface area contributed by atoms with Gasteiger partial charge in [0.05, 0.1) is 51.2 Å². The highest BCUT2D eigenvalue weighted by molar-refractivity contribution is 5.61. The first-order valence-electron chi connectivity index (χ1n) is 19.0. The minimum Gasteiger partial charge on any atom is -0.388 e. The minimum atomic E-state index is -1.24. The maximum absolute atomic E-state index is 14.7. The number of aryl methyl sites for hydroxylation is 5. The predicted octanol–water partition coefficient (Wildman–Crippen LogP) is 3.90. The number of aromatic nitrogens is 6. The summed E-state index contributed by atoms with van der Waals surface area (Å²) in [5, 5.41) is 9.29. The van der Waals surface area contributed by atoms with Crippen LogP contribution in [0.1, 0.15) is 27.8 Å². The van der Waals surface area contributed by atoms with Crippen molar-refractivity contribution in [2.24, 2.45) is 15.0 Å². The molecule has 0 aliphatic carbocycles. The van der Waals surface area contributed by atoms with Crippen LogP contribution in [0, 0.1) is 46.1 Å². The Morgan fingerprint density at radius 3 is 1.03 bits per heavy atom. The van der Waals surface area contributed by atoms with Crippen molar-refractivity contribution in [2.75, 3.05) is 0 Å². The maximum Gasteiger partial charge on any atom is 0.345 e. The summed E-state index contributed by atoms with van der Waals surface area (Å²) in [4.78, 5) is 133. The molecule has 20 nitrogen and oxygen atoms in total. The lowest BCUT2D eigenvalue weighted by atomic mass is 10.1. The van der Waals surface area contributed by atoms with E-state index < -0.39 is 34.1 Å². The van der Waals surface area contributed by atoms with Crippen molar-refractivity contribution in [3.05, 3.63) is 182 Å². The summed E-state index contributed by atoms with van der Waals surface area (Å²) in [6.07, 6.45) is 5.81. The third-order valence-electron chi connectivity index (χ3n) is 10.4. The van der Waals surface area contributed by atoms with Gasteiger partial charge in [0.1, 0.15) is 5.75 Å². The average Bonchev–Trinajstić information content (AvgIpc) is 3.26. The van der Waals surface area contributed by atoms with Gasteiger partial charge in [-0.1, -0.05) is 30.3 Å². The van der Waals surface area contributed by atoms with Gasteiger partial charge in [0.15, 0.2) is 0 Å². The van der Waals surface area contributed by atoms with Crippen LogP contribution in [0.25, 0.3) is 34.1 Å². The zero-order chi connectivity index (χ0) is 46.9. The average molecular weight is 871 g/mol. The summed E-state index contributed by atoms with van der Waals surface area (Å²) in [5.74, 6) is -0.0146. The summed E-state index contributed by atoms with van der Waals surface area (Å²) < 4.78 is 8.78. The number of isocyanates is 3. The molecule has 0 fully saturated rings. The summed E-state index contributed by atoms with van der Waals surface area (Å²) in [6, 6.07) is 20.2. The third-order valence-corrected chi connectivity index (χ3v) is 10.4. The molecule has 0 radical (unpaired) electrons. The van der Waals surface area contributed by atoms with Gasteiger partial charge in [-0.25, -0.2) is 70.6 Å². The van der Waals surface area contributed by atoms with Gasteiger partial charge in [-0.15, -0.1) is 5.26 Å². The molecule has 2 heterocycles. The van der Waals surface area contributed by atoms with Gasteiger partial charge in [-0.05, 0) is 117 Å². The second-order valence-corrected chi connectivity index (χ2v) is 14.3. The standard InChI is InChI=1S/C45H30N10O10/c1-25-6-11-30(16-35(25)47-22-56)50-40(59)53(43(62)54(41(50)60)34-15-10-29(5)39(20-34)65-21-46)33-14-9-28(4)38(19-33)55-44(63)51(31-12-7-26(2)36(17-31)48-23-57)42(61)52(45(55)64)32-13-8-27(3)37(18-32)49-24-58/h6-20H,1-5H3. The van der Waals surface area contributed by atoms with Gasteiger partial charge in [0, 0.05) is 6.07 Å². The van der Waals surface area contributed by atoms with Crippen molar-refractivity contribution in [3.63, 3.8) is 0 Å². The van der Waals surface area contributed by atoms with E-state index in [-0.39, 0.29) is 62.5 Å². The van der Waals surface area contributed by atoms with Gasteiger partial charge in [0.25, 0.3) is 6.26 Å². The van der Waals surface area contributed by atoms with Gasteiger partial charge in [-0.2, -0.15) is 15.0 Å². The number of carbonyl (C=O) groups excluding carboxylic acids is 3. The Morgan fingerprint density at radius 1 is 0.400 bits per heavy atom. The van der Waals surface area contributed by atoms with Gasteiger partial charge >= 0.3 is 34.1 Å². The van der Waals surface area contributed by atoms with Crippen LogP contribution in [0.3, 0.4) is 0 Å². The van der Waals surface area contributed by atoms with Crippen LogP contribution in [0.15, 0.2) is 135 Å². The van der Waals surface area contributed by atoms with Crippen molar-refractivity contribution in [2.45, 2.75) is 34.6 Å². The zero-order valence-electron chi connectivity index (χ0n) is 34.7. The zero-order valence-corrected chi connectivity index (χ0v) is 34.7. The van der Waals surface area contributed by atoms with Crippen molar-refractivity contribution in [1.29, 1.82) is 5.26 Å². The fourth-order valence-corrected chi connectivity index (χ4v) is 6.99. The van der Waals surface area contributed by atoms with Gasteiger partial charge in [-0.3, -0.25) is 0 Å². The Labute approximate surface area is 363 Å². The third kappa shape index (κ3) is 7.67. The molecule has 0 aliphatic heterocycles. The molecule has 0 aliphatic rings. The molecule has 0 bridgehead atoms. The summed E-state index contributed by atoms with van der Waals surface area (Å²) in [5.41, 5.74) is -6.10. The van der Waals surface area contributed by atoms with Crippen LogP contribution >= 0.6 is 0 Å². The topological polar surface area (TPSA) is 253 Å². The Balaban J connectivity index is 1.61. The SMILES string of the molecule is Cc1ccc(-n2c(=O)n(-c3ccc(C)c(OC#N)c3)c(=O)n(-c3ccc(C)c(-n4c(=O)n(-c5ccc(C)c(N=C=O)c5)c(=O)n(-c5ccc(C)c(N=C=O)c5)c4=O)c3)c2=O)cc1N=C=O. The summed E-state index contributed by atoms with van der Waals surface area (Å²) in [7, 11) is 0. The second kappa shape index (κ2) is 17.4. The van der Waals surface area contributed by atoms with E-state index in [9.17, 15) is 48.4 Å². The molecule has 0 saturated heterocycles. The highest BCUT2D eigenvalue weighted by Gasteiger charge is 2.25. The molecule has 20 heteroatoms. The van der Waals surface area contributed by atoms with Crippen LogP contribution in [-0.2, 0) is 14.4 Å². The van der Waals surface area contributed by atoms with Crippen molar-refractivity contribution >= 4 is 35.3 Å². The predicted molar refractivity (Wildman–Crippen MR) is 233 cm³/mol. The van der Waals surface area contributed by atoms with Gasteiger partial charge < -0.3 is 4.74 Å². The number of ether oxygens (including phenoxy) is 1. The highest BCUT2D eigenvalue weighted by atomic mass is 16.5. The Kier molecular flexibility index (Phi) is 11.6. The van der Waals surface area contributed by atoms with E-state index in [1.165, 1.54) is 110 Å². The molecule has 2 aromatic heterocycles. The molecule has 7 aromatic rings. The van der Waals surface area contributed by atoms with Crippen LogP contribution in [0.5, 0.6) is 5.75 Å². The number of benzene rings is 5. The minimum absolute atomic E-state index is 0.0146. The lowest BCUT2D eigenvalue weighted by molar-refractivity contribution is 0.502. The van der Waals surface area contributed by atoms with E-state index in [1.54, 1.807) is 34.0 Å². The number of hydrogen-bond donors (Lipinski definition) is 0. The number of aliphatic imine (C=N–C) groups is 3. The lowest BCUT2D eigenvalue weighted by Gasteiger charge is -2.18. The normalized spacial score (nSPS) is 10.6. The Bertz CT molecular complexity index is 3660. The lowest BCUT2D eigenvalue weighted by Crippen LogP contribution is -2.53. The van der Waals surface area contributed by atoms with E-state index in [0.29, 0.717) is 49.7 Å². The molecule has 0 spiro atoms. The molecule has 7 rings (SSSR count). The quantitative estimate of drug-likeness (QED) is 0.108. The van der Waals surface area contributed by atoms with E-state index in [1.807, 2.05) is 0 Å². The number of rotatable bonds is 10. The van der Waals surface area contributed by atoms with Crippen LogP contribution in [0.2, 0.25) is 0 Å². The number of nitriles is 1. The summed E-state index contributed by atoms with van der Waals surface area (Å²) >= 11 is 0. The van der Waals surface area contributed by atoms with E-state index in [0.717, 1.165) is 6.07 Å². The smallest absolute Gasteiger partial charge is 0.345 e. The van der Waals surface area contributed by atoms with Crippen molar-refractivity contribution in [3.8, 4) is 46.1 Å². The fraction of sp³-hybridized carbons (Fsp3) is 0.111. The van der Waals surface area contributed by atoms with E-state index in [4.69, 9.17) is 4.74 Å². The molecular weight excluding hydrogens is 841 g/mol. The molecule has 65 heavy (non-hydrogen) atoms. The molecule has 5 aromatic carbocycles. The molecular formula is C45H30N10O10. The van der Waals surface area contributed by atoms with Crippen LogP contribution in [0.4, 0.5) is 17.1 Å². The first-order valence-corrected chi connectivity index (χ1v) is 19.0. The fourth-order valence-electron chi connectivity index (χ4n) is 6.99. The van der Waals surface area contributed by atoms with Crippen molar-refractivity contribution < 1.29 is 19.1 Å². The maximum atomic E-state index is 14.7. The number of hydrogen-bond acceptors (Lipinski definition) is 14. The molecule has 0 saturated carbocycles. The highest BCUT2D eigenvalue weighted by Crippen LogP contribution is 2.25. The number of nitrogens with zero attached hydrogens (tertiary/aromatic N) is 10. The van der Waals surface area contributed by atoms with Crippen LogP contribution < -0.4 is 38.9 Å². The second-order valence-electron chi connectivity index (χ2n) is 14.3. The summed E-state index contributed by atoms with van der Waals surface area (Å²) in [6.45, 7) is 7.96. The molecule has 0 unspecified atom stereocenters. The first-order chi connectivity index (χ1) is 31.1.